The number of aryl methyl sites for hydroxylation is 1. The normalized spacial score (nSPS) is 21.9. The average molecular weight is 509 g/mol. The van der Waals surface area contributed by atoms with Crippen molar-refractivity contribution in [3.63, 3.8) is 0 Å². The van der Waals surface area contributed by atoms with E-state index in [1.165, 1.54) is 24.3 Å². The first-order valence-electron chi connectivity index (χ1n) is 12.8. The monoisotopic (exact) mass is 508 g/mol. The van der Waals surface area contributed by atoms with E-state index in [1.54, 1.807) is 14.7 Å². The Labute approximate surface area is 216 Å². The second kappa shape index (κ2) is 10.2. The van der Waals surface area contributed by atoms with Crippen molar-refractivity contribution < 1.29 is 23.5 Å². The fourth-order valence-corrected chi connectivity index (χ4v) is 5.57. The van der Waals surface area contributed by atoms with Crippen LogP contribution in [0.1, 0.15) is 39.1 Å². The number of carbonyl (C=O) groups is 3. The van der Waals surface area contributed by atoms with Crippen molar-refractivity contribution in [3.05, 3.63) is 71.0 Å². The molecule has 3 saturated heterocycles. The lowest BCUT2D eigenvalue weighted by molar-refractivity contribution is -0.139. The van der Waals surface area contributed by atoms with Crippen LogP contribution in [0, 0.1) is 12.7 Å². The highest BCUT2D eigenvalue weighted by Gasteiger charge is 2.55. The van der Waals surface area contributed by atoms with Gasteiger partial charge in [-0.25, -0.2) is 4.39 Å². The number of likely N-dealkylation sites (N-methyl/N-ethyl adjacent to an activating group) is 1. The van der Waals surface area contributed by atoms with Crippen LogP contribution in [0.2, 0.25) is 0 Å². The van der Waals surface area contributed by atoms with E-state index < -0.39 is 17.6 Å². The summed E-state index contributed by atoms with van der Waals surface area (Å²) in [7, 11) is 2.02. The van der Waals surface area contributed by atoms with Gasteiger partial charge < -0.3 is 19.4 Å². The quantitative estimate of drug-likeness (QED) is 0.637. The lowest BCUT2D eigenvalue weighted by Crippen LogP contribution is -2.61. The minimum absolute atomic E-state index is 0.0487. The Kier molecular flexibility index (Phi) is 7.00. The van der Waals surface area contributed by atoms with E-state index in [9.17, 15) is 18.8 Å². The first-order chi connectivity index (χ1) is 17.8. The van der Waals surface area contributed by atoms with Crippen LogP contribution >= 0.6 is 0 Å². The molecule has 2 aromatic rings. The van der Waals surface area contributed by atoms with E-state index in [-0.39, 0.29) is 24.3 Å². The Balaban J connectivity index is 1.39. The van der Waals surface area contributed by atoms with Crippen LogP contribution in [-0.2, 0) is 9.53 Å². The predicted octanol–water partition coefficient (Wildman–Crippen LogP) is 2.38. The molecule has 3 aliphatic rings. The number of hydrogen-bond donors (Lipinski definition) is 0. The highest BCUT2D eigenvalue weighted by atomic mass is 19.1. The summed E-state index contributed by atoms with van der Waals surface area (Å²) in [6.45, 7) is 5.54. The van der Waals surface area contributed by atoms with Crippen molar-refractivity contribution >= 4 is 17.7 Å². The van der Waals surface area contributed by atoms with Crippen molar-refractivity contribution in [2.24, 2.45) is 0 Å². The number of piperazine rings is 1. The number of halogens is 1. The van der Waals surface area contributed by atoms with E-state index in [4.69, 9.17) is 4.74 Å². The number of nitrogens with zero attached hydrogens (tertiary/aromatic N) is 4. The molecule has 3 fully saturated rings. The van der Waals surface area contributed by atoms with Crippen molar-refractivity contribution in [3.8, 4) is 0 Å². The van der Waals surface area contributed by atoms with Gasteiger partial charge >= 0.3 is 0 Å². The second-order valence-electron chi connectivity index (χ2n) is 10.2. The molecule has 0 radical (unpaired) electrons. The van der Waals surface area contributed by atoms with Crippen LogP contribution in [0.5, 0.6) is 0 Å². The van der Waals surface area contributed by atoms with Gasteiger partial charge in [0, 0.05) is 63.2 Å². The maximum atomic E-state index is 13.8. The van der Waals surface area contributed by atoms with Gasteiger partial charge in [-0.3, -0.25) is 19.3 Å². The smallest absolute Gasteiger partial charge is 0.256 e. The van der Waals surface area contributed by atoms with Gasteiger partial charge in [0.05, 0.1) is 6.61 Å². The van der Waals surface area contributed by atoms with E-state index >= 15 is 0 Å². The fourth-order valence-electron chi connectivity index (χ4n) is 5.57. The molecule has 0 saturated carbocycles. The Hall–Kier alpha value is -3.30. The standard InChI is InChI=1S/C28H33FN4O4/c1-20-5-3-4-6-23(20)26(35)31-13-11-28(12-14-31)33(25(34)21-7-9-22(29)10-8-21)24(19-37-28)27(36)32-17-15-30(2)16-18-32/h3-10,24H,11-19H2,1-2H3. The third kappa shape index (κ3) is 4.85. The van der Waals surface area contributed by atoms with Crippen molar-refractivity contribution in [2.45, 2.75) is 31.5 Å². The summed E-state index contributed by atoms with van der Waals surface area (Å²) < 4.78 is 19.9. The van der Waals surface area contributed by atoms with Crippen LogP contribution in [0.3, 0.4) is 0 Å². The minimum atomic E-state index is -0.999. The molecule has 2 aromatic carbocycles. The Morgan fingerprint density at radius 1 is 0.865 bits per heavy atom. The summed E-state index contributed by atoms with van der Waals surface area (Å²) in [4.78, 5) is 48.0. The number of likely N-dealkylation sites (tertiary alicyclic amines) is 1. The van der Waals surface area contributed by atoms with Crippen LogP contribution < -0.4 is 0 Å². The largest absolute Gasteiger partial charge is 0.353 e. The van der Waals surface area contributed by atoms with Gasteiger partial charge in [0.15, 0.2) is 0 Å². The summed E-state index contributed by atoms with van der Waals surface area (Å²) in [5, 5.41) is 0. The van der Waals surface area contributed by atoms with Gasteiger partial charge in [0.25, 0.3) is 11.8 Å². The Morgan fingerprint density at radius 3 is 2.16 bits per heavy atom. The molecule has 3 aliphatic heterocycles. The molecule has 196 valence electrons. The molecule has 0 aliphatic carbocycles. The number of rotatable bonds is 3. The average Bonchev–Trinajstić information content (AvgIpc) is 3.27. The molecule has 0 bridgehead atoms. The van der Waals surface area contributed by atoms with Gasteiger partial charge in [-0.15, -0.1) is 0 Å². The fraction of sp³-hybridized carbons (Fsp3) is 0.464. The molecular formula is C28H33FN4O4. The molecule has 0 N–H and O–H groups in total. The maximum Gasteiger partial charge on any atom is 0.256 e. The number of carbonyl (C=O) groups excluding carboxylic acids is 3. The molecule has 3 amide bonds. The third-order valence-corrected chi connectivity index (χ3v) is 7.88. The SMILES string of the molecule is Cc1ccccc1C(=O)N1CCC2(CC1)OCC(C(=O)N1CCN(C)CC1)N2C(=O)c1ccc(F)cc1. The first-order valence-corrected chi connectivity index (χ1v) is 12.8. The zero-order valence-electron chi connectivity index (χ0n) is 21.4. The van der Waals surface area contributed by atoms with E-state index in [0.29, 0.717) is 50.1 Å². The Bertz CT molecular complexity index is 1170. The zero-order chi connectivity index (χ0) is 26.2. The van der Waals surface area contributed by atoms with E-state index in [0.717, 1.165) is 18.7 Å². The molecule has 9 heteroatoms. The number of amides is 3. The number of benzene rings is 2. The van der Waals surface area contributed by atoms with Gasteiger partial charge in [0.1, 0.15) is 17.6 Å². The van der Waals surface area contributed by atoms with Crippen LogP contribution in [-0.4, -0.2) is 102 Å². The van der Waals surface area contributed by atoms with E-state index in [1.807, 2.05) is 38.2 Å². The van der Waals surface area contributed by atoms with Gasteiger partial charge in [0.2, 0.25) is 5.91 Å². The van der Waals surface area contributed by atoms with Crippen molar-refractivity contribution in [1.29, 1.82) is 0 Å². The summed E-state index contributed by atoms with van der Waals surface area (Å²) >= 11 is 0. The number of piperidine rings is 1. The summed E-state index contributed by atoms with van der Waals surface area (Å²) in [6, 6.07) is 12.1. The van der Waals surface area contributed by atoms with E-state index in [2.05, 4.69) is 4.90 Å². The minimum Gasteiger partial charge on any atom is -0.353 e. The predicted molar refractivity (Wildman–Crippen MR) is 135 cm³/mol. The Morgan fingerprint density at radius 2 is 1.51 bits per heavy atom. The van der Waals surface area contributed by atoms with Gasteiger partial charge in [-0.1, -0.05) is 18.2 Å². The second-order valence-corrected chi connectivity index (χ2v) is 10.2. The summed E-state index contributed by atoms with van der Waals surface area (Å²) in [5.41, 5.74) is 0.880. The topological polar surface area (TPSA) is 73.4 Å². The lowest BCUT2D eigenvalue weighted by atomic mass is 9.95. The number of hydrogen-bond acceptors (Lipinski definition) is 5. The molecule has 1 spiro atoms. The van der Waals surface area contributed by atoms with Gasteiger partial charge in [-0.2, -0.15) is 0 Å². The van der Waals surface area contributed by atoms with Crippen molar-refractivity contribution in [2.75, 3.05) is 52.9 Å². The molecule has 1 unspecified atom stereocenters. The van der Waals surface area contributed by atoms with Crippen molar-refractivity contribution in [1.82, 2.24) is 19.6 Å². The first kappa shape index (κ1) is 25.4. The molecule has 8 nitrogen and oxygen atoms in total. The van der Waals surface area contributed by atoms with Gasteiger partial charge in [-0.05, 0) is 49.9 Å². The third-order valence-electron chi connectivity index (χ3n) is 7.88. The highest BCUT2D eigenvalue weighted by molar-refractivity contribution is 5.99. The molecule has 37 heavy (non-hydrogen) atoms. The van der Waals surface area contributed by atoms with Crippen LogP contribution in [0.15, 0.2) is 48.5 Å². The highest BCUT2D eigenvalue weighted by Crippen LogP contribution is 2.39. The molecule has 3 heterocycles. The number of ether oxygens (including phenoxy) is 1. The molecule has 0 aromatic heterocycles. The maximum absolute atomic E-state index is 13.8. The van der Waals surface area contributed by atoms with Crippen LogP contribution in [0.25, 0.3) is 0 Å². The molecular weight excluding hydrogens is 475 g/mol. The molecule has 1 atom stereocenters. The summed E-state index contributed by atoms with van der Waals surface area (Å²) in [6.07, 6.45) is 0.786. The zero-order valence-corrected chi connectivity index (χ0v) is 21.4. The lowest BCUT2D eigenvalue weighted by Gasteiger charge is -2.45. The summed E-state index contributed by atoms with van der Waals surface area (Å²) in [5.74, 6) is -0.966. The van der Waals surface area contributed by atoms with Crippen LogP contribution in [0.4, 0.5) is 4.39 Å². The molecule has 5 rings (SSSR count).